The minimum Gasteiger partial charge on any atom is -0.384 e. The Morgan fingerprint density at radius 3 is 2.20 bits per heavy atom. The summed E-state index contributed by atoms with van der Waals surface area (Å²) in [6.45, 7) is 7.29. The summed E-state index contributed by atoms with van der Waals surface area (Å²) in [5.74, 6) is 0.267. The predicted octanol–water partition coefficient (Wildman–Crippen LogP) is 4.74. The number of alkyl halides is 3. The third-order valence-corrected chi connectivity index (χ3v) is 6.47. The Balaban J connectivity index is 1.36. The van der Waals surface area contributed by atoms with Crippen LogP contribution in [0.3, 0.4) is 0 Å². The summed E-state index contributed by atoms with van der Waals surface area (Å²) < 4.78 is 38.3. The molecule has 2 aliphatic rings. The van der Waals surface area contributed by atoms with Gasteiger partial charge in [0.2, 0.25) is 0 Å². The molecule has 0 radical (unpaired) electrons. The second-order valence-corrected chi connectivity index (χ2v) is 8.36. The van der Waals surface area contributed by atoms with Gasteiger partial charge in [-0.15, -0.1) is 0 Å². The van der Waals surface area contributed by atoms with Crippen LogP contribution in [0.25, 0.3) is 5.70 Å². The smallest absolute Gasteiger partial charge is 0.384 e. The first-order valence-corrected chi connectivity index (χ1v) is 10.4. The third kappa shape index (κ3) is 4.25. The quantitative estimate of drug-likeness (QED) is 0.756. The summed E-state index contributed by atoms with van der Waals surface area (Å²) in [6, 6.07) is 13.5. The lowest BCUT2D eigenvalue weighted by Crippen LogP contribution is -2.31. The van der Waals surface area contributed by atoms with Crippen LogP contribution in [0.4, 0.5) is 13.2 Å². The van der Waals surface area contributed by atoms with Crippen molar-refractivity contribution in [1.29, 1.82) is 0 Å². The van der Waals surface area contributed by atoms with Crippen LogP contribution in [-0.4, -0.2) is 36.2 Å². The van der Waals surface area contributed by atoms with Crippen molar-refractivity contribution >= 4 is 5.70 Å². The van der Waals surface area contributed by atoms with Crippen molar-refractivity contribution in [3.05, 3.63) is 77.4 Å². The number of rotatable bonds is 4. The van der Waals surface area contributed by atoms with E-state index in [0.717, 1.165) is 54.9 Å². The molecule has 2 aliphatic heterocycles. The Bertz CT molecular complexity index is 876. The van der Waals surface area contributed by atoms with Crippen LogP contribution in [0.2, 0.25) is 0 Å². The molecule has 1 unspecified atom stereocenters. The van der Waals surface area contributed by atoms with Gasteiger partial charge in [0, 0.05) is 25.3 Å². The van der Waals surface area contributed by atoms with Gasteiger partial charge in [0.1, 0.15) is 5.60 Å². The molecule has 0 amide bonds. The average Bonchev–Trinajstić information content (AvgIpc) is 3.21. The van der Waals surface area contributed by atoms with Crippen LogP contribution in [-0.2, 0) is 11.8 Å². The molecule has 2 heterocycles. The summed E-state index contributed by atoms with van der Waals surface area (Å²) in [4.78, 5) is 2.24. The topological polar surface area (TPSA) is 35.5 Å². The zero-order valence-electron chi connectivity index (χ0n) is 16.9. The molecular formula is C24H27F3N2O. The van der Waals surface area contributed by atoms with Crippen molar-refractivity contribution < 1.29 is 18.3 Å². The SMILES string of the molecule is C=C(c1ccc(C2(O)CCNC2)cc1)N1CCC(c2ccc(C(F)(F)F)cc2)CC1. The molecule has 0 aliphatic carbocycles. The predicted molar refractivity (Wildman–Crippen MR) is 112 cm³/mol. The van der Waals surface area contributed by atoms with Crippen LogP contribution >= 0.6 is 0 Å². The molecule has 2 saturated heterocycles. The maximum atomic E-state index is 12.8. The molecule has 0 aromatic heterocycles. The number of nitrogens with zero attached hydrogens (tertiary/aromatic N) is 1. The van der Waals surface area contributed by atoms with Crippen LogP contribution in [0.1, 0.15) is 47.4 Å². The van der Waals surface area contributed by atoms with E-state index in [1.54, 1.807) is 12.1 Å². The highest BCUT2D eigenvalue weighted by atomic mass is 19.4. The average molecular weight is 416 g/mol. The number of β-amino-alcohol motifs (C(OH)–C–C–N with tert-alkyl or cyclic N) is 1. The number of halogens is 3. The molecule has 4 rings (SSSR count). The van der Waals surface area contributed by atoms with Crippen molar-refractivity contribution in [3.8, 4) is 0 Å². The van der Waals surface area contributed by atoms with Gasteiger partial charge < -0.3 is 15.3 Å². The summed E-state index contributed by atoms with van der Waals surface area (Å²) in [5.41, 5.74) is 2.48. The number of aliphatic hydroxyl groups is 1. The van der Waals surface area contributed by atoms with Crippen molar-refractivity contribution in [1.82, 2.24) is 10.2 Å². The first kappa shape index (κ1) is 20.9. The van der Waals surface area contributed by atoms with E-state index in [9.17, 15) is 18.3 Å². The molecule has 1 atom stereocenters. The summed E-state index contributed by atoms with van der Waals surface area (Å²) in [5, 5.41) is 13.9. The van der Waals surface area contributed by atoms with Gasteiger partial charge in [0.05, 0.1) is 5.56 Å². The van der Waals surface area contributed by atoms with E-state index in [4.69, 9.17) is 0 Å². The van der Waals surface area contributed by atoms with E-state index in [1.165, 1.54) is 12.1 Å². The number of piperidine rings is 1. The van der Waals surface area contributed by atoms with Gasteiger partial charge in [-0.05, 0) is 60.5 Å². The van der Waals surface area contributed by atoms with Gasteiger partial charge in [0.15, 0.2) is 0 Å². The van der Waals surface area contributed by atoms with Gasteiger partial charge in [-0.1, -0.05) is 43.0 Å². The molecule has 0 spiro atoms. The van der Waals surface area contributed by atoms with Gasteiger partial charge in [-0.25, -0.2) is 0 Å². The summed E-state index contributed by atoms with van der Waals surface area (Å²) >= 11 is 0. The Kier molecular flexibility index (Phi) is 5.64. The van der Waals surface area contributed by atoms with E-state index in [-0.39, 0.29) is 5.92 Å². The minimum atomic E-state index is -4.29. The van der Waals surface area contributed by atoms with Gasteiger partial charge >= 0.3 is 6.18 Å². The number of nitrogens with one attached hydrogen (secondary N) is 1. The second kappa shape index (κ2) is 8.08. The van der Waals surface area contributed by atoms with Crippen LogP contribution in [0.15, 0.2) is 55.1 Å². The normalized spacial score (nSPS) is 23.0. The number of hydrogen-bond acceptors (Lipinski definition) is 3. The summed E-state index contributed by atoms with van der Waals surface area (Å²) in [7, 11) is 0. The van der Waals surface area contributed by atoms with Crippen molar-refractivity contribution in [2.75, 3.05) is 26.2 Å². The van der Waals surface area contributed by atoms with Crippen molar-refractivity contribution in [3.63, 3.8) is 0 Å². The van der Waals surface area contributed by atoms with E-state index >= 15 is 0 Å². The van der Waals surface area contributed by atoms with Crippen LogP contribution in [0.5, 0.6) is 0 Å². The summed E-state index contributed by atoms with van der Waals surface area (Å²) in [6.07, 6.45) is -1.81. The minimum absolute atomic E-state index is 0.267. The third-order valence-electron chi connectivity index (χ3n) is 6.47. The fourth-order valence-corrected chi connectivity index (χ4v) is 4.51. The molecule has 2 aromatic carbocycles. The highest BCUT2D eigenvalue weighted by molar-refractivity contribution is 5.62. The Morgan fingerprint density at radius 1 is 1.03 bits per heavy atom. The Morgan fingerprint density at radius 2 is 1.67 bits per heavy atom. The Labute approximate surface area is 175 Å². The maximum absolute atomic E-state index is 12.8. The molecule has 2 fully saturated rings. The number of hydrogen-bond donors (Lipinski definition) is 2. The molecule has 6 heteroatoms. The second-order valence-electron chi connectivity index (χ2n) is 8.36. The van der Waals surface area contributed by atoms with Crippen LogP contribution in [0, 0.1) is 0 Å². The monoisotopic (exact) mass is 416 g/mol. The lowest BCUT2D eigenvalue weighted by molar-refractivity contribution is -0.137. The fourth-order valence-electron chi connectivity index (χ4n) is 4.51. The standard InChI is InChI=1S/C24H27F3N2O/c1-17(18-2-6-21(7-3-18)23(30)12-13-28-16-23)29-14-10-20(11-15-29)19-4-8-22(9-5-19)24(25,26)27/h2-9,20,28,30H,1,10-16H2. The van der Waals surface area contributed by atoms with E-state index < -0.39 is 17.3 Å². The van der Waals surface area contributed by atoms with Crippen molar-refractivity contribution in [2.45, 2.75) is 37.0 Å². The molecular weight excluding hydrogens is 389 g/mol. The molecule has 2 aromatic rings. The largest absolute Gasteiger partial charge is 0.416 e. The van der Waals surface area contributed by atoms with Gasteiger partial charge in [-0.2, -0.15) is 13.2 Å². The zero-order chi connectivity index (χ0) is 21.4. The molecule has 3 nitrogen and oxygen atoms in total. The molecule has 160 valence electrons. The zero-order valence-corrected chi connectivity index (χ0v) is 16.9. The van der Waals surface area contributed by atoms with E-state index in [1.807, 2.05) is 24.3 Å². The molecule has 0 bridgehead atoms. The van der Waals surface area contributed by atoms with E-state index in [2.05, 4.69) is 16.8 Å². The lowest BCUT2D eigenvalue weighted by atomic mass is 9.88. The fraction of sp³-hybridized carbons (Fsp3) is 0.417. The van der Waals surface area contributed by atoms with E-state index in [0.29, 0.717) is 13.0 Å². The number of benzene rings is 2. The lowest BCUT2D eigenvalue weighted by Gasteiger charge is -2.35. The highest BCUT2D eigenvalue weighted by Crippen LogP contribution is 2.35. The first-order chi connectivity index (χ1) is 14.3. The Hall–Kier alpha value is -2.31. The van der Waals surface area contributed by atoms with Crippen LogP contribution < -0.4 is 5.32 Å². The van der Waals surface area contributed by atoms with Gasteiger partial charge in [0.25, 0.3) is 0 Å². The highest BCUT2D eigenvalue weighted by Gasteiger charge is 2.33. The van der Waals surface area contributed by atoms with Gasteiger partial charge in [-0.3, -0.25) is 0 Å². The first-order valence-electron chi connectivity index (χ1n) is 10.4. The molecule has 30 heavy (non-hydrogen) atoms. The molecule has 0 saturated carbocycles. The van der Waals surface area contributed by atoms with Crippen molar-refractivity contribution in [2.24, 2.45) is 0 Å². The maximum Gasteiger partial charge on any atom is 0.416 e. The number of likely N-dealkylation sites (tertiary alicyclic amines) is 1. The molecule has 2 N–H and O–H groups in total.